The van der Waals surface area contributed by atoms with Crippen molar-refractivity contribution in [1.82, 2.24) is 9.71 Å². The van der Waals surface area contributed by atoms with Crippen LogP contribution in [0.2, 0.25) is 0 Å². The Morgan fingerprint density at radius 1 is 1.53 bits per heavy atom. The molecule has 0 spiro atoms. The molecule has 0 bridgehead atoms. The quantitative estimate of drug-likeness (QED) is 0.822. The predicted octanol–water partition coefficient (Wildman–Crippen LogP) is 0.955. The van der Waals surface area contributed by atoms with E-state index in [0.29, 0.717) is 12.2 Å². The van der Waals surface area contributed by atoms with Gasteiger partial charge in [0, 0.05) is 18.3 Å². The molecule has 0 aromatic carbocycles. The Bertz CT molecular complexity index is 660. The van der Waals surface area contributed by atoms with Crippen molar-refractivity contribution >= 4 is 27.3 Å². The molecule has 19 heavy (non-hydrogen) atoms. The number of hydrogen-bond donors (Lipinski definition) is 2. The average molecular weight is 302 g/mol. The summed E-state index contributed by atoms with van der Waals surface area (Å²) in [5.41, 5.74) is 0. The number of carbonyl (C=O) groups is 1. The van der Waals surface area contributed by atoms with Gasteiger partial charge in [-0.25, -0.2) is 22.9 Å². The van der Waals surface area contributed by atoms with Crippen molar-refractivity contribution in [1.29, 1.82) is 0 Å². The number of nitrogens with zero attached hydrogens (tertiary/aromatic N) is 1. The number of carboxylic acid groups (broad SMARTS) is 1. The molecule has 2 heterocycles. The van der Waals surface area contributed by atoms with Crippen LogP contribution in [0.15, 0.2) is 33.3 Å². The van der Waals surface area contributed by atoms with E-state index in [4.69, 9.17) is 9.52 Å². The molecule has 0 unspecified atom stereocenters. The van der Waals surface area contributed by atoms with Crippen LogP contribution in [-0.4, -0.2) is 31.0 Å². The van der Waals surface area contributed by atoms with Crippen molar-refractivity contribution in [3.8, 4) is 0 Å². The van der Waals surface area contributed by atoms with Gasteiger partial charge in [0.1, 0.15) is 10.6 Å². The summed E-state index contributed by atoms with van der Waals surface area (Å²) in [4.78, 5) is 14.3. The summed E-state index contributed by atoms with van der Waals surface area (Å²) in [6.07, 6.45) is 3.14. The molecule has 0 aliphatic carbocycles. The first kappa shape index (κ1) is 13.7. The average Bonchev–Trinajstić information content (AvgIpc) is 2.99. The SMILES string of the molecule is O=C(O)c1cc(S(=O)(=O)NCCc2cnco2)cs1. The molecule has 102 valence electrons. The summed E-state index contributed by atoms with van der Waals surface area (Å²) in [5, 5.41) is 10.0. The van der Waals surface area contributed by atoms with E-state index in [1.54, 1.807) is 0 Å². The molecule has 7 nitrogen and oxygen atoms in total. The molecule has 0 fully saturated rings. The molecular formula is C10H10N2O5S2. The van der Waals surface area contributed by atoms with Crippen LogP contribution in [-0.2, 0) is 16.4 Å². The van der Waals surface area contributed by atoms with Crippen LogP contribution in [0.4, 0.5) is 0 Å². The minimum Gasteiger partial charge on any atom is -0.477 e. The van der Waals surface area contributed by atoms with Crippen molar-refractivity contribution in [3.63, 3.8) is 0 Å². The number of oxazole rings is 1. The molecule has 0 saturated heterocycles. The molecular weight excluding hydrogens is 292 g/mol. The fraction of sp³-hybridized carbons (Fsp3) is 0.200. The maximum absolute atomic E-state index is 11.9. The van der Waals surface area contributed by atoms with E-state index in [-0.39, 0.29) is 16.3 Å². The van der Waals surface area contributed by atoms with Gasteiger partial charge in [0.05, 0.1) is 11.1 Å². The number of hydrogen-bond acceptors (Lipinski definition) is 6. The highest BCUT2D eigenvalue weighted by atomic mass is 32.2. The Labute approximate surface area is 113 Å². The van der Waals surface area contributed by atoms with Crippen molar-refractivity contribution in [2.24, 2.45) is 0 Å². The molecule has 0 aliphatic rings. The van der Waals surface area contributed by atoms with E-state index in [0.717, 1.165) is 17.4 Å². The summed E-state index contributed by atoms with van der Waals surface area (Å²) in [5.74, 6) is -0.577. The van der Waals surface area contributed by atoms with Gasteiger partial charge in [-0.3, -0.25) is 0 Å². The lowest BCUT2D eigenvalue weighted by atomic mass is 10.4. The molecule has 0 radical (unpaired) electrons. The van der Waals surface area contributed by atoms with Crippen molar-refractivity contribution in [3.05, 3.63) is 34.7 Å². The van der Waals surface area contributed by atoms with Crippen LogP contribution in [0.1, 0.15) is 15.4 Å². The van der Waals surface area contributed by atoms with Crippen LogP contribution in [0.5, 0.6) is 0 Å². The van der Waals surface area contributed by atoms with Gasteiger partial charge in [0.25, 0.3) is 0 Å². The van der Waals surface area contributed by atoms with Gasteiger partial charge in [0.15, 0.2) is 6.39 Å². The zero-order valence-corrected chi connectivity index (χ0v) is 11.2. The van der Waals surface area contributed by atoms with Gasteiger partial charge >= 0.3 is 5.97 Å². The van der Waals surface area contributed by atoms with Gasteiger partial charge in [-0.1, -0.05) is 0 Å². The third-order valence-electron chi connectivity index (χ3n) is 2.24. The third kappa shape index (κ3) is 3.40. The minimum atomic E-state index is -3.69. The van der Waals surface area contributed by atoms with Gasteiger partial charge in [-0.2, -0.15) is 0 Å². The summed E-state index contributed by atoms with van der Waals surface area (Å²) in [7, 11) is -3.69. The van der Waals surface area contributed by atoms with E-state index in [9.17, 15) is 13.2 Å². The van der Waals surface area contributed by atoms with Gasteiger partial charge in [-0.05, 0) is 6.07 Å². The standard InChI is InChI=1S/C10H10N2O5S2/c13-10(14)9-3-8(5-18-9)19(15,16)12-2-1-7-4-11-6-17-7/h3-6,12H,1-2H2,(H,13,14). The highest BCUT2D eigenvalue weighted by Gasteiger charge is 2.18. The predicted molar refractivity (Wildman–Crippen MR) is 66.7 cm³/mol. The van der Waals surface area contributed by atoms with Crippen LogP contribution >= 0.6 is 11.3 Å². The Morgan fingerprint density at radius 2 is 2.32 bits per heavy atom. The zero-order chi connectivity index (χ0) is 13.9. The molecule has 0 amide bonds. The summed E-state index contributed by atoms with van der Waals surface area (Å²) in [6, 6.07) is 1.13. The largest absolute Gasteiger partial charge is 0.477 e. The Balaban J connectivity index is 1.99. The van der Waals surface area contributed by atoms with Crippen LogP contribution in [0.3, 0.4) is 0 Å². The first-order chi connectivity index (χ1) is 8.99. The van der Waals surface area contributed by atoms with Gasteiger partial charge < -0.3 is 9.52 Å². The number of sulfonamides is 1. The first-order valence-corrected chi connectivity index (χ1v) is 7.54. The monoisotopic (exact) mass is 302 g/mol. The highest BCUT2D eigenvalue weighted by Crippen LogP contribution is 2.19. The van der Waals surface area contributed by atoms with Crippen LogP contribution < -0.4 is 4.72 Å². The second kappa shape index (κ2) is 5.51. The molecule has 2 aromatic rings. The number of thiophene rings is 1. The molecule has 2 rings (SSSR count). The minimum absolute atomic E-state index is 0.0180. The van der Waals surface area contributed by atoms with E-state index in [1.807, 2.05) is 0 Å². The summed E-state index contributed by atoms with van der Waals surface area (Å²) < 4.78 is 31.0. The smallest absolute Gasteiger partial charge is 0.345 e. The van der Waals surface area contributed by atoms with Gasteiger partial charge in [0.2, 0.25) is 10.0 Å². The maximum Gasteiger partial charge on any atom is 0.345 e. The van der Waals surface area contributed by atoms with Crippen LogP contribution in [0.25, 0.3) is 0 Å². The van der Waals surface area contributed by atoms with E-state index in [2.05, 4.69) is 9.71 Å². The topological polar surface area (TPSA) is 110 Å². The van der Waals surface area contributed by atoms with Gasteiger partial charge in [-0.15, -0.1) is 11.3 Å². The first-order valence-electron chi connectivity index (χ1n) is 5.18. The highest BCUT2D eigenvalue weighted by molar-refractivity contribution is 7.89. The molecule has 2 aromatic heterocycles. The lowest BCUT2D eigenvalue weighted by Gasteiger charge is -2.02. The van der Waals surface area contributed by atoms with E-state index >= 15 is 0 Å². The molecule has 0 aliphatic heterocycles. The van der Waals surface area contributed by atoms with Crippen molar-refractivity contribution in [2.75, 3.05) is 6.54 Å². The Hall–Kier alpha value is -1.71. The van der Waals surface area contributed by atoms with Crippen molar-refractivity contribution < 1.29 is 22.7 Å². The fourth-order valence-corrected chi connectivity index (χ4v) is 3.47. The normalized spacial score (nSPS) is 11.6. The second-order valence-electron chi connectivity index (χ2n) is 3.57. The number of rotatable bonds is 6. The second-order valence-corrected chi connectivity index (χ2v) is 6.25. The Kier molecular flexibility index (Phi) is 3.98. The number of aromatic nitrogens is 1. The van der Waals surface area contributed by atoms with Crippen LogP contribution in [0, 0.1) is 0 Å². The van der Waals surface area contributed by atoms with E-state index < -0.39 is 16.0 Å². The summed E-state index contributed by atoms with van der Waals surface area (Å²) >= 11 is 0.869. The summed E-state index contributed by atoms with van der Waals surface area (Å²) in [6.45, 7) is 0.149. The van der Waals surface area contributed by atoms with Crippen molar-refractivity contribution in [2.45, 2.75) is 11.3 Å². The number of carboxylic acids is 1. The fourth-order valence-electron chi connectivity index (χ4n) is 1.33. The lowest BCUT2D eigenvalue weighted by Crippen LogP contribution is -2.25. The molecule has 0 atom stereocenters. The van der Waals surface area contributed by atoms with E-state index in [1.165, 1.54) is 18.0 Å². The lowest BCUT2D eigenvalue weighted by molar-refractivity contribution is 0.0702. The molecule has 0 saturated carbocycles. The number of nitrogens with one attached hydrogen (secondary N) is 1. The zero-order valence-electron chi connectivity index (χ0n) is 9.57. The third-order valence-corrected chi connectivity index (χ3v) is 4.75. The molecule has 9 heteroatoms. The Morgan fingerprint density at radius 3 is 2.89 bits per heavy atom. The number of aromatic carboxylic acids is 1. The molecule has 2 N–H and O–H groups in total. The maximum atomic E-state index is 11.9.